The Hall–Kier alpha value is -2.83. The molecular formula is C45H59N2O9+. The zero-order valence-electron chi connectivity index (χ0n) is 33.0. The number of para-hydroxylation sites is 1. The average Bonchev–Trinajstić information content (AvgIpc) is 3.86. The van der Waals surface area contributed by atoms with Crippen molar-refractivity contribution < 1.29 is 48.8 Å². The minimum absolute atomic E-state index is 0.0104. The van der Waals surface area contributed by atoms with Crippen LogP contribution in [-0.4, -0.2) is 111 Å². The van der Waals surface area contributed by atoms with E-state index in [9.17, 15) is 34.8 Å². The van der Waals surface area contributed by atoms with Crippen LogP contribution in [0.4, 0.5) is 5.69 Å². The molecule has 1 spiro atoms. The van der Waals surface area contributed by atoms with Crippen molar-refractivity contribution in [3.63, 3.8) is 0 Å². The van der Waals surface area contributed by atoms with E-state index in [1.165, 1.54) is 5.56 Å². The van der Waals surface area contributed by atoms with Gasteiger partial charge in [0, 0.05) is 55.3 Å². The number of quaternary nitrogens is 1. The van der Waals surface area contributed by atoms with Gasteiger partial charge in [0.1, 0.15) is 25.0 Å². The second-order valence-electron chi connectivity index (χ2n) is 20.6. The molecule has 4 saturated heterocycles. The molecule has 5 aliphatic carbocycles. The van der Waals surface area contributed by atoms with Gasteiger partial charge >= 0.3 is 11.9 Å². The molecule has 9 fully saturated rings. The van der Waals surface area contributed by atoms with Gasteiger partial charge in [0.05, 0.1) is 40.2 Å². The lowest BCUT2D eigenvalue weighted by molar-refractivity contribution is -1.03. The number of aliphatic hydroxyl groups is 4. The molecule has 0 radical (unpaired) electrons. The monoisotopic (exact) mass is 771 g/mol. The van der Waals surface area contributed by atoms with Crippen LogP contribution in [0.1, 0.15) is 96.5 Å². The number of carbonyl (C=O) groups is 3. The molecule has 5 saturated carbocycles. The quantitative estimate of drug-likeness (QED) is 0.192. The third kappa shape index (κ3) is 3.92. The van der Waals surface area contributed by atoms with Crippen LogP contribution in [0, 0.1) is 46.3 Å². The van der Waals surface area contributed by atoms with E-state index in [-0.39, 0.29) is 89.6 Å². The molecule has 56 heavy (non-hydrogen) atoms. The van der Waals surface area contributed by atoms with Crippen LogP contribution in [0.5, 0.6) is 0 Å². The Morgan fingerprint density at radius 1 is 1.04 bits per heavy atom. The van der Waals surface area contributed by atoms with E-state index in [0.29, 0.717) is 44.9 Å². The van der Waals surface area contributed by atoms with Crippen LogP contribution in [0.3, 0.4) is 0 Å². The summed E-state index contributed by atoms with van der Waals surface area (Å²) in [7, 11) is 2.11. The Morgan fingerprint density at radius 2 is 1.82 bits per heavy atom. The van der Waals surface area contributed by atoms with Crippen LogP contribution in [0.25, 0.3) is 0 Å². The summed E-state index contributed by atoms with van der Waals surface area (Å²) >= 11 is 0. The van der Waals surface area contributed by atoms with Crippen molar-refractivity contribution >= 4 is 23.9 Å². The Bertz CT molecular complexity index is 1940. The summed E-state index contributed by atoms with van der Waals surface area (Å²) in [6.07, 6.45) is 7.72. The number of fused-ring (bicyclic) bond motifs is 7. The Morgan fingerprint density at radius 3 is 2.57 bits per heavy atom. The van der Waals surface area contributed by atoms with Crippen molar-refractivity contribution in [3.8, 4) is 0 Å². The number of aldehydes is 1. The molecule has 0 aromatic heterocycles. The molecule has 6 aliphatic heterocycles. The second kappa shape index (κ2) is 11.5. The molecule has 0 unspecified atom stereocenters. The molecule has 18 atom stereocenters. The molecule has 1 aromatic rings. The van der Waals surface area contributed by atoms with Crippen molar-refractivity contribution in [2.75, 3.05) is 25.1 Å². The van der Waals surface area contributed by atoms with E-state index < -0.39 is 45.9 Å². The number of nitrogens with zero attached hydrogens (tertiary/aromatic N) is 2. The summed E-state index contributed by atoms with van der Waals surface area (Å²) in [5.74, 6) is -0.852. The first-order valence-corrected chi connectivity index (χ1v) is 21.8. The first-order chi connectivity index (χ1) is 26.7. The van der Waals surface area contributed by atoms with Crippen molar-refractivity contribution in [2.45, 2.75) is 144 Å². The number of esters is 2. The molecule has 11 nitrogen and oxygen atoms in total. The maximum Gasteiger partial charge on any atom is 0.362 e. The minimum Gasteiger partial charge on any atom is -0.458 e. The fourth-order valence-electron chi connectivity index (χ4n) is 17.6. The van der Waals surface area contributed by atoms with Gasteiger partial charge in [-0.15, -0.1) is 0 Å². The van der Waals surface area contributed by atoms with Gasteiger partial charge in [-0.1, -0.05) is 32.0 Å². The van der Waals surface area contributed by atoms with Crippen LogP contribution >= 0.6 is 0 Å². The highest BCUT2D eigenvalue weighted by atomic mass is 16.5. The highest BCUT2D eigenvalue weighted by molar-refractivity contribution is 5.85. The summed E-state index contributed by atoms with van der Waals surface area (Å²) in [6.45, 7) is 4.56. The van der Waals surface area contributed by atoms with Crippen molar-refractivity contribution in [2.24, 2.45) is 46.3 Å². The normalized spacial score (nSPS) is 54.1. The molecule has 302 valence electrons. The fraction of sp³-hybridized carbons (Fsp3) is 0.756. The highest BCUT2D eigenvalue weighted by Gasteiger charge is 2.83. The van der Waals surface area contributed by atoms with Crippen LogP contribution in [-0.2, 0) is 29.3 Å². The summed E-state index contributed by atoms with van der Waals surface area (Å²) in [5.41, 5.74) is -1.04. The lowest BCUT2D eigenvalue weighted by Gasteiger charge is -2.67. The second-order valence-corrected chi connectivity index (χ2v) is 20.6. The van der Waals surface area contributed by atoms with Crippen molar-refractivity contribution in [3.05, 3.63) is 41.5 Å². The number of benzene rings is 1. The zero-order chi connectivity index (χ0) is 38.9. The van der Waals surface area contributed by atoms with Gasteiger partial charge in [0.25, 0.3) is 0 Å². The third-order valence-electron chi connectivity index (χ3n) is 19.6. The number of likely N-dealkylation sites (N-methyl/N-ethyl adjacent to an activating group) is 1. The number of cyclic esters (lactones) is 1. The number of hydrogen-bond acceptors (Lipinski definition) is 10. The Labute approximate surface area is 329 Å². The summed E-state index contributed by atoms with van der Waals surface area (Å²) in [6, 6.07) is 8.28. The van der Waals surface area contributed by atoms with E-state index in [1.807, 2.05) is 6.07 Å². The summed E-state index contributed by atoms with van der Waals surface area (Å²) < 4.78 is 11.9. The SMILES string of the molecule is CC[C@@H]1[C@H]2C[C@H]3[C@@H]4N(C)c5ccccc5[C@@]45C[C@@H]([C@@H]2[C@@H]5O)[N@+]3(CC(=O)O[C@@H]2CC[C@]3(C=O)[C@H]4CC[C@]5(C)[C@H](C6=CC(=O)OC6)CC[C@]5(O)[C@@H]4CC[C@@]3(O)C2)[C@@H]1O. The molecule has 1 aromatic carbocycles. The van der Waals surface area contributed by atoms with E-state index in [0.717, 1.165) is 43.2 Å². The number of carbonyl (C=O) groups excluding carboxylic acids is 3. The number of rotatable bonds is 6. The Balaban J connectivity index is 0.854. The molecule has 5 bridgehead atoms. The van der Waals surface area contributed by atoms with Crippen LogP contribution in [0.2, 0.25) is 0 Å². The van der Waals surface area contributed by atoms with Gasteiger partial charge in [-0.2, -0.15) is 0 Å². The summed E-state index contributed by atoms with van der Waals surface area (Å²) in [4.78, 5) is 42.3. The molecule has 0 amide bonds. The van der Waals surface area contributed by atoms with Gasteiger partial charge in [-0.3, -0.25) is 4.48 Å². The fourth-order valence-corrected chi connectivity index (χ4v) is 17.6. The van der Waals surface area contributed by atoms with Crippen molar-refractivity contribution in [1.29, 1.82) is 0 Å². The molecule has 4 N–H and O–H groups in total. The first-order valence-electron chi connectivity index (χ1n) is 21.8. The smallest absolute Gasteiger partial charge is 0.362 e. The summed E-state index contributed by atoms with van der Waals surface area (Å²) in [5, 5.41) is 50.1. The van der Waals surface area contributed by atoms with Crippen LogP contribution < -0.4 is 4.90 Å². The predicted octanol–water partition coefficient (Wildman–Crippen LogP) is 3.53. The standard InChI is InChI=1S/C45H59N2O9/c1-4-26-27-18-33-38-44(31-7-5-6-8-32(31)46(38)3)20-34(37(27)39(44)51)47(33,40(26)52)21-36(50)56-25-9-14-42(23-48)29-10-13-41(2)28(24-17-35(49)55-22-24)12-16-45(41,54)30(29)11-15-43(42,53)19-25/h5-8,17,23,25-30,33-34,37-40,51-54H,4,9-16,18-22H2,1-3H3/q+1/t25-,26-,27-,28+,29+,30-,33+,34+,37-,38+,39+,40-,41-,42+,43-,44+,45+,47-/m1/s1. The van der Waals surface area contributed by atoms with Gasteiger partial charge in [-0.25, -0.2) is 9.59 Å². The van der Waals surface area contributed by atoms with Crippen molar-refractivity contribution in [1.82, 2.24) is 0 Å². The van der Waals surface area contributed by atoms with Crippen LogP contribution in [0.15, 0.2) is 35.9 Å². The average molecular weight is 772 g/mol. The molecule has 11 heteroatoms. The Kier molecular flexibility index (Phi) is 7.42. The predicted molar refractivity (Wildman–Crippen MR) is 202 cm³/mol. The number of hydrogen-bond donors (Lipinski definition) is 4. The number of aliphatic hydroxyl groups excluding tert-OH is 2. The van der Waals surface area contributed by atoms with E-state index >= 15 is 0 Å². The molecule has 11 aliphatic rings. The lowest BCUT2D eigenvalue weighted by atomic mass is 9.41. The number of piperidine rings is 4. The third-order valence-corrected chi connectivity index (χ3v) is 19.6. The van der Waals surface area contributed by atoms with Gasteiger partial charge in [-0.05, 0) is 98.7 Å². The van der Waals surface area contributed by atoms with Gasteiger partial charge < -0.3 is 39.6 Å². The largest absolute Gasteiger partial charge is 0.458 e. The first kappa shape index (κ1) is 36.3. The van der Waals surface area contributed by atoms with Gasteiger partial charge in [0.2, 0.25) is 0 Å². The molecule has 6 heterocycles. The van der Waals surface area contributed by atoms with Gasteiger partial charge in [0.15, 0.2) is 12.8 Å². The lowest BCUT2D eigenvalue weighted by Crippen LogP contribution is -2.83. The topological polar surface area (TPSA) is 154 Å². The maximum absolute atomic E-state index is 14.5. The number of anilines is 1. The maximum atomic E-state index is 14.5. The molecule has 12 rings (SSSR count). The highest BCUT2D eigenvalue weighted by Crippen LogP contribution is 2.73. The van der Waals surface area contributed by atoms with E-state index in [4.69, 9.17) is 9.47 Å². The van der Waals surface area contributed by atoms with E-state index in [2.05, 4.69) is 44.0 Å². The van der Waals surface area contributed by atoms with E-state index in [1.54, 1.807) is 6.08 Å². The minimum atomic E-state index is -1.37. The zero-order valence-corrected chi connectivity index (χ0v) is 33.0. The number of ether oxygens (including phenoxy) is 2. The molecular weight excluding hydrogens is 713 g/mol.